The third-order valence-electron chi connectivity index (χ3n) is 5.67. The summed E-state index contributed by atoms with van der Waals surface area (Å²) in [5, 5.41) is 0. The van der Waals surface area contributed by atoms with E-state index in [1.807, 2.05) is 0 Å². The predicted molar refractivity (Wildman–Crippen MR) is 98.5 cm³/mol. The lowest BCUT2D eigenvalue weighted by atomic mass is 9.75. The van der Waals surface area contributed by atoms with E-state index in [4.69, 9.17) is 4.74 Å². The van der Waals surface area contributed by atoms with Crippen LogP contribution in [0.25, 0.3) is 0 Å². The summed E-state index contributed by atoms with van der Waals surface area (Å²) in [5.74, 6) is 2.26. The second-order valence-corrected chi connectivity index (χ2v) is 7.18. The van der Waals surface area contributed by atoms with Crippen LogP contribution in [-0.4, -0.2) is 24.5 Å². The molecule has 1 fully saturated rings. The Bertz CT molecular complexity index is 640. The summed E-state index contributed by atoms with van der Waals surface area (Å²) in [4.78, 5) is 2.63. The Labute approximate surface area is 145 Å². The fourth-order valence-corrected chi connectivity index (χ4v) is 4.49. The average molecular weight is 321 g/mol. The van der Waals surface area contributed by atoms with Gasteiger partial charge in [0, 0.05) is 11.5 Å². The van der Waals surface area contributed by atoms with Crippen molar-refractivity contribution in [2.75, 3.05) is 19.6 Å². The van der Waals surface area contributed by atoms with Crippen molar-refractivity contribution in [3.8, 4) is 5.75 Å². The van der Waals surface area contributed by atoms with Crippen molar-refractivity contribution in [2.45, 2.75) is 38.7 Å². The summed E-state index contributed by atoms with van der Waals surface area (Å²) in [5.41, 5.74) is 4.22. The van der Waals surface area contributed by atoms with Crippen molar-refractivity contribution in [1.82, 2.24) is 4.90 Å². The molecule has 4 rings (SSSR count). The number of fused-ring (bicyclic) bond motifs is 2. The average Bonchev–Trinajstić information content (AvgIpc) is 2.80. The lowest BCUT2D eigenvalue weighted by Crippen LogP contribution is -2.36. The molecule has 0 aliphatic carbocycles. The van der Waals surface area contributed by atoms with E-state index in [9.17, 15) is 0 Å². The van der Waals surface area contributed by atoms with Gasteiger partial charge < -0.3 is 9.64 Å². The van der Waals surface area contributed by atoms with Gasteiger partial charge in [0.05, 0.1) is 0 Å². The highest BCUT2D eigenvalue weighted by Crippen LogP contribution is 2.44. The molecule has 2 aromatic carbocycles. The van der Waals surface area contributed by atoms with Crippen LogP contribution in [0.5, 0.6) is 5.75 Å². The molecule has 0 N–H and O–H groups in total. The number of nitrogens with zero attached hydrogens (tertiary/aromatic N) is 1. The third kappa shape index (κ3) is 2.95. The number of hydrogen-bond donors (Lipinski definition) is 0. The van der Waals surface area contributed by atoms with Crippen LogP contribution in [0.3, 0.4) is 0 Å². The molecule has 0 radical (unpaired) electrons. The highest BCUT2D eigenvalue weighted by molar-refractivity contribution is 5.47. The van der Waals surface area contributed by atoms with Gasteiger partial charge in [-0.05, 0) is 62.0 Å². The van der Waals surface area contributed by atoms with Crippen molar-refractivity contribution in [1.29, 1.82) is 0 Å². The SMILES string of the molecule is CCCN1CCC(C2c3ccccc3COc3ccccc32)CC1. The first-order valence-corrected chi connectivity index (χ1v) is 9.38. The lowest BCUT2D eigenvalue weighted by molar-refractivity contribution is 0.175. The number of piperidine rings is 1. The molecule has 0 bridgehead atoms. The van der Waals surface area contributed by atoms with Gasteiger partial charge in [-0.3, -0.25) is 0 Å². The van der Waals surface area contributed by atoms with E-state index in [1.165, 1.54) is 55.6 Å². The van der Waals surface area contributed by atoms with Crippen LogP contribution in [0.2, 0.25) is 0 Å². The predicted octanol–water partition coefficient (Wildman–Crippen LogP) is 4.83. The summed E-state index contributed by atoms with van der Waals surface area (Å²) in [6.07, 6.45) is 3.83. The first-order chi connectivity index (χ1) is 11.9. The van der Waals surface area contributed by atoms with Gasteiger partial charge >= 0.3 is 0 Å². The van der Waals surface area contributed by atoms with Crippen LogP contribution in [-0.2, 0) is 6.61 Å². The minimum absolute atomic E-state index is 0.476. The molecule has 2 aliphatic heterocycles. The Balaban J connectivity index is 1.69. The second-order valence-electron chi connectivity index (χ2n) is 7.18. The molecule has 2 nitrogen and oxygen atoms in total. The third-order valence-corrected chi connectivity index (χ3v) is 5.67. The van der Waals surface area contributed by atoms with Gasteiger partial charge in [0.2, 0.25) is 0 Å². The maximum absolute atomic E-state index is 6.15. The first-order valence-electron chi connectivity index (χ1n) is 9.38. The van der Waals surface area contributed by atoms with Gasteiger partial charge in [0.15, 0.2) is 0 Å². The fourth-order valence-electron chi connectivity index (χ4n) is 4.49. The van der Waals surface area contributed by atoms with E-state index in [-0.39, 0.29) is 0 Å². The summed E-state index contributed by atoms with van der Waals surface area (Å²) in [6, 6.07) is 17.6. The molecular weight excluding hydrogens is 294 g/mol. The van der Waals surface area contributed by atoms with E-state index >= 15 is 0 Å². The van der Waals surface area contributed by atoms with E-state index in [0.29, 0.717) is 18.4 Å². The fraction of sp³-hybridized carbons (Fsp3) is 0.455. The smallest absolute Gasteiger partial charge is 0.123 e. The molecule has 1 atom stereocenters. The van der Waals surface area contributed by atoms with E-state index < -0.39 is 0 Å². The first kappa shape index (κ1) is 15.7. The molecule has 0 amide bonds. The molecule has 2 heterocycles. The highest BCUT2D eigenvalue weighted by Gasteiger charge is 2.33. The quantitative estimate of drug-likeness (QED) is 0.802. The van der Waals surface area contributed by atoms with Crippen LogP contribution in [0.4, 0.5) is 0 Å². The van der Waals surface area contributed by atoms with Crippen molar-refractivity contribution in [2.24, 2.45) is 5.92 Å². The lowest BCUT2D eigenvalue weighted by Gasteiger charge is -2.36. The standard InChI is InChI=1S/C22H27NO/c1-2-13-23-14-11-17(12-15-23)22-19-8-4-3-7-18(19)16-24-21-10-6-5-9-20(21)22/h3-10,17,22H,2,11-16H2,1H3. The van der Waals surface area contributed by atoms with Gasteiger partial charge in [-0.2, -0.15) is 0 Å². The topological polar surface area (TPSA) is 12.5 Å². The molecule has 0 saturated carbocycles. The molecule has 126 valence electrons. The minimum Gasteiger partial charge on any atom is -0.489 e. The molecular formula is C22H27NO. The molecule has 0 aromatic heterocycles. The Kier molecular flexibility index (Phi) is 4.57. The normalized spacial score (nSPS) is 21.5. The molecule has 1 saturated heterocycles. The van der Waals surface area contributed by atoms with E-state index in [1.54, 1.807) is 0 Å². The van der Waals surface area contributed by atoms with Gasteiger partial charge in [-0.15, -0.1) is 0 Å². The zero-order chi connectivity index (χ0) is 16.4. The van der Waals surface area contributed by atoms with Gasteiger partial charge in [0.25, 0.3) is 0 Å². The van der Waals surface area contributed by atoms with Crippen molar-refractivity contribution < 1.29 is 4.74 Å². The Morgan fingerprint density at radius 1 is 0.958 bits per heavy atom. The van der Waals surface area contributed by atoms with E-state index in [0.717, 1.165) is 5.75 Å². The largest absolute Gasteiger partial charge is 0.489 e. The van der Waals surface area contributed by atoms with Crippen LogP contribution < -0.4 is 4.74 Å². The number of ether oxygens (including phenoxy) is 1. The zero-order valence-corrected chi connectivity index (χ0v) is 14.6. The zero-order valence-electron chi connectivity index (χ0n) is 14.6. The van der Waals surface area contributed by atoms with Crippen molar-refractivity contribution in [3.63, 3.8) is 0 Å². The van der Waals surface area contributed by atoms with Crippen LogP contribution in [0, 0.1) is 5.92 Å². The summed E-state index contributed by atoms with van der Waals surface area (Å²) in [7, 11) is 0. The van der Waals surface area contributed by atoms with Crippen LogP contribution in [0.1, 0.15) is 48.8 Å². The Morgan fingerprint density at radius 2 is 1.67 bits per heavy atom. The van der Waals surface area contributed by atoms with Crippen LogP contribution in [0.15, 0.2) is 48.5 Å². The summed E-state index contributed by atoms with van der Waals surface area (Å²) >= 11 is 0. The minimum atomic E-state index is 0.476. The maximum Gasteiger partial charge on any atom is 0.123 e. The number of para-hydroxylation sites is 1. The maximum atomic E-state index is 6.15. The number of hydrogen-bond acceptors (Lipinski definition) is 2. The second kappa shape index (κ2) is 6.98. The van der Waals surface area contributed by atoms with Crippen molar-refractivity contribution >= 4 is 0 Å². The number of benzene rings is 2. The van der Waals surface area contributed by atoms with E-state index in [2.05, 4.69) is 60.4 Å². The molecule has 2 heteroatoms. The molecule has 1 unspecified atom stereocenters. The Morgan fingerprint density at radius 3 is 2.46 bits per heavy atom. The van der Waals surface area contributed by atoms with Gasteiger partial charge in [-0.25, -0.2) is 0 Å². The van der Waals surface area contributed by atoms with Gasteiger partial charge in [-0.1, -0.05) is 49.4 Å². The molecule has 2 aliphatic rings. The summed E-state index contributed by atoms with van der Waals surface area (Å²) < 4.78 is 6.15. The van der Waals surface area contributed by atoms with Crippen LogP contribution >= 0.6 is 0 Å². The number of likely N-dealkylation sites (tertiary alicyclic amines) is 1. The summed E-state index contributed by atoms with van der Waals surface area (Å²) in [6.45, 7) is 6.69. The molecule has 24 heavy (non-hydrogen) atoms. The number of rotatable bonds is 3. The molecule has 0 spiro atoms. The highest BCUT2D eigenvalue weighted by atomic mass is 16.5. The monoisotopic (exact) mass is 321 g/mol. The molecule has 2 aromatic rings. The van der Waals surface area contributed by atoms with Gasteiger partial charge in [0.1, 0.15) is 12.4 Å². The van der Waals surface area contributed by atoms with Crippen molar-refractivity contribution in [3.05, 3.63) is 65.2 Å². The Hall–Kier alpha value is -1.80.